The van der Waals surface area contributed by atoms with E-state index in [0.29, 0.717) is 11.6 Å². The Bertz CT molecular complexity index is 338. The molecular weight excluding hydrogens is 260 g/mol. The Morgan fingerprint density at radius 1 is 1.59 bits per heavy atom. The van der Waals surface area contributed by atoms with E-state index in [1.807, 2.05) is 11.9 Å². The number of halogens is 1. The first kappa shape index (κ1) is 14.3. The summed E-state index contributed by atoms with van der Waals surface area (Å²) in [6, 6.07) is 0. The molecule has 0 unspecified atom stereocenters. The molecule has 0 saturated carbocycles. The minimum absolute atomic E-state index is 0. The maximum absolute atomic E-state index is 11.9. The number of piperidine rings is 1. The van der Waals surface area contributed by atoms with E-state index in [-0.39, 0.29) is 18.3 Å². The molecule has 96 valence electrons. The van der Waals surface area contributed by atoms with Crippen molar-refractivity contribution in [2.75, 3.05) is 26.7 Å². The zero-order chi connectivity index (χ0) is 11.4. The van der Waals surface area contributed by atoms with Gasteiger partial charge in [-0.2, -0.15) is 8.75 Å². The molecule has 1 N–H and O–H groups in total. The van der Waals surface area contributed by atoms with Gasteiger partial charge in [-0.25, -0.2) is 0 Å². The maximum atomic E-state index is 11.9. The molecule has 7 heteroatoms. The van der Waals surface area contributed by atoms with Gasteiger partial charge in [0.05, 0.1) is 17.9 Å². The molecule has 0 aliphatic carbocycles. The predicted octanol–water partition coefficient (Wildman–Crippen LogP) is 1.03. The van der Waals surface area contributed by atoms with Crippen molar-refractivity contribution in [1.29, 1.82) is 0 Å². The van der Waals surface area contributed by atoms with E-state index in [0.717, 1.165) is 44.2 Å². The first-order valence-corrected chi connectivity index (χ1v) is 6.25. The third-order valence-electron chi connectivity index (χ3n) is 2.97. The summed E-state index contributed by atoms with van der Waals surface area (Å²) in [6.07, 6.45) is 3.70. The van der Waals surface area contributed by atoms with E-state index < -0.39 is 0 Å². The molecule has 0 spiro atoms. The van der Waals surface area contributed by atoms with Crippen LogP contribution >= 0.6 is 24.1 Å². The minimum Gasteiger partial charge on any atom is -0.337 e. The Labute approximate surface area is 111 Å². The standard InChI is InChI=1S/C10H16N4OS.ClH/c1-11-6-8-2-4-14(5-3-8)10(15)9-7-12-16-13-9;/h7-8,11H,2-6H2,1H3;1H. The van der Waals surface area contributed by atoms with Gasteiger partial charge in [0.2, 0.25) is 0 Å². The van der Waals surface area contributed by atoms with Crippen LogP contribution in [0.5, 0.6) is 0 Å². The molecule has 1 saturated heterocycles. The van der Waals surface area contributed by atoms with Crippen LogP contribution in [0.25, 0.3) is 0 Å². The minimum atomic E-state index is 0. The lowest BCUT2D eigenvalue weighted by molar-refractivity contribution is 0.0686. The Morgan fingerprint density at radius 3 is 2.82 bits per heavy atom. The van der Waals surface area contributed by atoms with Crippen LogP contribution in [-0.4, -0.2) is 46.2 Å². The monoisotopic (exact) mass is 276 g/mol. The van der Waals surface area contributed by atoms with Crippen molar-refractivity contribution in [3.05, 3.63) is 11.9 Å². The van der Waals surface area contributed by atoms with Crippen molar-refractivity contribution < 1.29 is 4.79 Å². The number of amides is 1. The maximum Gasteiger partial charge on any atom is 0.275 e. The van der Waals surface area contributed by atoms with Gasteiger partial charge in [-0.3, -0.25) is 4.79 Å². The third kappa shape index (κ3) is 3.62. The van der Waals surface area contributed by atoms with Gasteiger partial charge in [0.15, 0.2) is 5.69 Å². The highest BCUT2D eigenvalue weighted by atomic mass is 35.5. The van der Waals surface area contributed by atoms with Crippen molar-refractivity contribution in [3.63, 3.8) is 0 Å². The smallest absolute Gasteiger partial charge is 0.275 e. The van der Waals surface area contributed by atoms with Crippen molar-refractivity contribution in [2.24, 2.45) is 5.92 Å². The molecule has 1 aliphatic rings. The van der Waals surface area contributed by atoms with Gasteiger partial charge >= 0.3 is 0 Å². The van der Waals surface area contributed by atoms with Crippen molar-refractivity contribution >= 4 is 30.0 Å². The molecule has 1 aromatic rings. The summed E-state index contributed by atoms with van der Waals surface area (Å²) >= 11 is 1.08. The average Bonchev–Trinajstić information content (AvgIpc) is 2.83. The second-order valence-electron chi connectivity index (χ2n) is 4.09. The molecule has 0 aromatic carbocycles. The quantitative estimate of drug-likeness (QED) is 0.896. The van der Waals surface area contributed by atoms with Gasteiger partial charge in [-0.15, -0.1) is 12.4 Å². The fourth-order valence-electron chi connectivity index (χ4n) is 2.05. The van der Waals surface area contributed by atoms with E-state index in [4.69, 9.17) is 0 Å². The number of likely N-dealkylation sites (tertiary alicyclic amines) is 1. The molecule has 0 radical (unpaired) electrons. The SMILES string of the molecule is CNCC1CCN(C(=O)c2cnsn2)CC1.Cl. The van der Waals surface area contributed by atoms with Gasteiger partial charge in [0.1, 0.15) is 0 Å². The van der Waals surface area contributed by atoms with Gasteiger partial charge in [-0.05, 0) is 32.4 Å². The molecule has 1 aromatic heterocycles. The van der Waals surface area contributed by atoms with E-state index in [2.05, 4.69) is 14.1 Å². The van der Waals surface area contributed by atoms with Gasteiger partial charge in [0, 0.05) is 13.1 Å². The Hall–Kier alpha value is -0.720. The number of aromatic nitrogens is 2. The van der Waals surface area contributed by atoms with Crippen molar-refractivity contribution in [3.8, 4) is 0 Å². The molecule has 2 rings (SSSR count). The molecule has 1 amide bonds. The highest BCUT2D eigenvalue weighted by Gasteiger charge is 2.24. The summed E-state index contributed by atoms with van der Waals surface area (Å²) in [6.45, 7) is 2.71. The van der Waals surface area contributed by atoms with Crippen molar-refractivity contribution in [1.82, 2.24) is 19.0 Å². The van der Waals surface area contributed by atoms with E-state index >= 15 is 0 Å². The molecule has 17 heavy (non-hydrogen) atoms. The van der Waals surface area contributed by atoms with E-state index in [1.54, 1.807) is 6.20 Å². The molecule has 1 aliphatic heterocycles. The van der Waals surface area contributed by atoms with Crippen LogP contribution in [0.1, 0.15) is 23.3 Å². The summed E-state index contributed by atoms with van der Waals surface area (Å²) in [5, 5.41) is 3.18. The van der Waals surface area contributed by atoms with E-state index in [1.165, 1.54) is 0 Å². The zero-order valence-corrected chi connectivity index (χ0v) is 11.4. The zero-order valence-electron chi connectivity index (χ0n) is 9.76. The van der Waals surface area contributed by atoms with Crippen LogP contribution < -0.4 is 5.32 Å². The lowest BCUT2D eigenvalue weighted by Gasteiger charge is -2.31. The first-order valence-electron chi connectivity index (χ1n) is 5.52. The van der Waals surface area contributed by atoms with Crippen LogP contribution in [0.15, 0.2) is 6.20 Å². The molecule has 0 atom stereocenters. The molecule has 2 heterocycles. The molecule has 5 nitrogen and oxygen atoms in total. The van der Waals surface area contributed by atoms with Crippen LogP contribution in [0.4, 0.5) is 0 Å². The summed E-state index contributed by atoms with van der Waals surface area (Å²) in [7, 11) is 1.97. The highest BCUT2D eigenvalue weighted by molar-refractivity contribution is 6.99. The summed E-state index contributed by atoms with van der Waals surface area (Å²) in [5.41, 5.74) is 0.483. The molecule has 0 bridgehead atoms. The lowest BCUT2D eigenvalue weighted by atomic mass is 9.97. The highest BCUT2D eigenvalue weighted by Crippen LogP contribution is 2.17. The largest absolute Gasteiger partial charge is 0.337 e. The van der Waals surface area contributed by atoms with Crippen LogP contribution in [0.2, 0.25) is 0 Å². The van der Waals surface area contributed by atoms with Gasteiger partial charge in [0.25, 0.3) is 5.91 Å². The third-order valence-corrected chi connectivity index (χ3v) is 3.45. The average molecular weight is 277 g/mol. The van der Waals surface area contributed by atoms with Crippen LogP contribution in [0, 0.1) is 5.92 Å². The lowest BCUT2D eigenvalue weighted by Crippen LogP contribution is -2.40. The fourth-order valence-corrected chi connectivity index (χ4v) is 2.46. The van der Waals surface area contributed by atoms with Crippen LogP contribution in [-0.2, 0) is 0 Å². The van der Waals surface area contributed by atoms with Crippen LogP contribution in [0.3, 0.4) is 0 Å². The number of hydrogen-bond acceptors (Lipinski definition) is 5. The Balaban J connectivity index is 0.00000144. The Morgan fingerprint density at radius 2 is 2.29 bits per heavy atom. The number of carbonyl (C=O) groups excluding carboxylic acids is 1. The molecule has 1 fully saturated rings. The normalized spacial score (nSPS) is 16.6. The summed E-state index contributed by atoms with van der Waals surface area (Å²) in [5.74, 6) is 0.722. The Kier molecular flexibility index (Phi) is 5.80. The number of nitrogens with one attached hydrogen (secondary N) is 1. The fraction of sp³-hybridized carbons (Fsp3) is 0.700. The number of hydrogen-bond donors (Lipinski definition) is 1. The summed E-state index contributed by atoms with van der Waals surface area (Å²) < 4.78 is 7.83. The van der Waals surface area contributed by atoms with Gasteiger partial charge in [-0.1, -0.05) is 0 Å². The van der Waals surface area contributed by atoms with E-state index in [9.17, 15) is 4.79 Å². The van der Waals surface area contributed by atoms with Gasteiger partial charge < -0.3 is 10.2 Å². The van der Waals surface area contributed by atoms with Crippen molar-refractivity contribution in [2.45, 2.75) is 12.8 Å². The summed E-state index contributed by atoms with van der Waals surface area (Å²) in [4.78, 5) is 13.8. The second kappa shape index (κ2) is 6.88. The predicted molar refractivity (Wildman–Crippen MR) is 69.7 cm³/mol. The second-order valence-corrected chi connectivity index (χ2v) is 4.64. The topological polar surface area (TPSA) is 58.1 Å². The number of rotatable bonds is 3. The molecular formula is C10H17ClN4OS. The first-order chi connectivity index (χ1) is 7.81. The number of carbonyl (C=O) groups is 1. The number of nitrogens with zero attached hydrogens (tertiary/aromatic N) is 3.